The van der Waals surface area contributed by atoms with Crippen molar-refractivity contribution in [2.75, 3.05) is 20.1 Å². The summed E-state index contributed by atoms with van der Waals surface area (Å²) in [5.74, 6) is 0.355. The van der Waals surface area contributed by atoms with E-state index >= 15 is 0 Å². The van der Waals surface area contributed by atoms with Gasteiger partial charge in [-0.2, -0.15) is 0 Å². The van der Waals surface area contributed by atoms with Crippen LogP contribution in [0.1, 0.15) is 11.1 Å². The molecule has 2 nitrogen and oxygen atoms in total. The Balaban J connectivity index is 2.36. The van der Waals surface area contributed by atoms with Crippen LogP contribution in [0.5, 0.6) is 5.75 Å². The molecule has 0 saturated carbocycles. The predicted octanol–water partition coefficient (Wildman–Crippen LogP) is 2.19. The molecule has 0 unspecified atom stereocenters. The molecule has 0 aromatic heterocycles. The molecule has 1 aliphatic heterocycles. The monoisotopic (exact) mass is 255 g/mol. The van der Waals surface area contributed by atoms with Crippen molar-refractivity contribution in [3.05, 3.63) is 27.7 Å². The summed E-state index contributed by atoms with van der Waals surface area (Å²) in [4.78, 5) is 2.32. The zero-order valence-electron chi connectivity index (χ0n) is 8.26. The van der Waals surface area contributed by atoms with Crippen molar-refractivity contribution in [1.29, 1.82) is 0 Å². The Kier molecular flexibility index (Phi) is 2.79. The van der Waals surface area contributed by atoms with E-state index < -0.39 is 0 Å². The Bertz CT molecular complexity index is 318. The maximum Gasteiger partial charge on any atom is 0.130 e. The van der Waals surface area contributed by atoms with E-state index in [1.165, 1.54) is 11.1 Å². The number of likely N-dealkylation sites (N-methyl/N-ethyl adjacent to an activating group) is 1. The maximum atomic E-state index is 9.57. The van der Waals surface area contributed by atoms with E-state index in [-0.39, 0.29) is 0 Å². The first-order valence-corrected chi connectivity index (χ1v) is 5.65. The van der Waals surface area contributed by atoms with Crippen LogP contribution in [-0.2, 0) is 12.8 Å². The Labute approximate surface area is 92.7 Å². The van der Waals surface area contributed by atoms with Gasteiger partial charge in [-0.05, 0) is 59.1 Å². The van der Waals surface area contributed by atoms with Gasteiger partial charge in [0.1, 0.15) is 5.75 Å². The van der Waals surface area contributed by atoms with Crippen molar-refractivity contribution in [1.82, 2.24) is 4.90 Å². The Morgan fingerprint density at radius 3 is 2.43 bits per heavy atom. The lowest BCUT2D eigenvalue weighted by Gasteiger charge is -2.10. The van der Waals surface area contributed by atoms with Crippen LogP contribution in [-0.4, -0.2) is 30.1 Å². The molecular weight excluding hydrogens is 242 g/mol. The van der Waals surface area contributed by atoms with Crippen LogP contribution in [0.25, 0.3) is 0 Å². The molecule has 0 spiro atoms. The van der Waals surface area contributed by atoms with Gasteiger partial charge in [-0.15, -0.1) is 0 Å². The van der Waals surface area contributed by atoms with Crippen molar-refractivity contribution in [2.45, 2.75) is 12.8 Å². The van der Waals surface area contributed by atoms with Gasteiger partial charge in [0.05, 0.1) is 4.47 Å². The number of rotatable bonds is 0. The second-order valence-corrected chi connectivity index (χ2v) is 4.73. The smallest absolute Gasteiger partial charge is 0.130 e. The molecule has 76 valence electrons. The SMILES string of the molecule is CN1CCc2cc(O)c(Br)cc2CC1. The Hall–Kier alpha value is -0.540. The van der Waals surface area contributed by atoms with Gasteiger partial charge in [-0.3, -0.25) is 0 Å². The molecule has 1 N–H and O–H groups in total. The number of fused-ring (bicyclic) bond motifs is 1. The van der Waals surface area contributed by atoms with Gasteiger partial charge >= 0.3 is 0 Å². The van der Waals surface area contributed by atoms with E-state index in [4.69, 9.17) is 0 Å². The van der Waals surface area contributed by atoms with E-state index in [2.05, 4.69) is 27.9 Å². The number of phenols is 1. The molecular formula is C11H14BrNO. The van der Waals surface area contributed by atoms with Gasteiger partial charge in [0, 0.05) is 13.1 Å². The summed E-state index contributed by atoms with van der Waals surface area (Å²) < 4.78 is 0.806. The molecule has 0 fully saturated rings. The van der Waals surface area contributed by atoms with Crippen molar-refractivity contribution >= 4 is 15.9 Å². The van der Waals surface area contributed by atoms with Gasteiger partial charge in [-0.1, -0.05) is 0 Å². The Morgan fingerprint density at radius 1 is 1.21 bits per heavy atom. The number of hydrogen-bond donors (Lipinski definition) is 1. The average Bonchev–Trinajstić information content (AvgIpc) is 2.31. The fourth-order valence-electron chi connectivity index (χ4n) is 1.85. The lowest BCUT2D eigenvalue weighted by Crippen LogP contribution is -2.20. The summed E-state index contributed by atoms with van der Waals surface area (Å²) in [7, 11) is 2.14. The molecule has 1 aliphatic rings. The van der Waals surface area contributed by atoms with E-state index in [1.54, 1.807) is 0 Å². The third-order valence-electron chi connectivity index (χ3n) is 2.79. The van der Waals surface area contributed by atoms with Crippen LogP contribution in [0.15, 0.2) is 16.6 Å². The van der Waals surface area contributed by atoms with Gasteiger partial charge in [0.15, 0.2) is 0 Å². The Morgan fingerprint density at radius 2 is 1.79 bits per heavy atom. The fourth-order valence-corrected chi connectivity index (χ4v) is 2.24. The molecule has 1 aromatic carbocycles. The van der Waals surface area contributed by atoms with E-state index in [0.717, 1.165) is 30.4 Å². The quantitative estimate of drug-likeness (QED) is 0.769. The maximum absolute atomic E-state index is 9.57. The highest BCUT2D eigenvalue weighted by Crippen LogP contribution is 2.29. The molecule has 1 aromatic rings. The topological polar surface area (TPSA) is 23.5 Å². The first kappa shape index (κ1) is 9.99. The van der Waals surface area contributed by atoms with E-state index in [0.29, 0.717) is 5.75 Å². The largest absolute Gasteiger partial charge is 0.507 e. The minimum Gasteiger partial charge on any atom is -0.507 e. The second-order valence-electron chi connectivity index (χ2n) is 3.88. The normalized spacial score (nSPS) is 17.6. The highest BCUT2D eigenvalue weighted by atomic mass is 79.9. The summed E-state index contributed by atoms with van der Waals surface area (Å²) >= 11 is 3.35. The number of benzene rings is 1. The van der Waals surface area contributed by atoms with Crippen LogP contribution in [0.4, 0.5) is 0 Å². The number of nitrogens with zero attached hydrogens (tertiary/aromatic N) is 1. The molecule has 0 amide bonds. The van der Waals surface area contributed by atoms with E-state index in [9.17, 15) is 5.11 Å². The highest BCUT2D eigenvalue weighted by Gasteiger charge is 2.13. The third kappa shape index (κ3) is 1.93. The van der Waals surface area contributed by atoms with Gasteiger partial charge in [-0.25, -0.2) is 0 Å². The fraction of sp³-hybridized carbons (Fsp3) is 0.455. The molecule has 0 saturated heterocycles. The lowest BCUT2D eigenvalue weighted by molar-refractivity contribution is 0.352. The standard InChI is InChI=1S/C11H14BrNO/c1-13-4-2-8-6-10(12)11(14)7-9(8)3-5-13/h6-7,14H,2-5H2,1H3. The molecule has 0 bridgehead atoms. The van der Waals surface area contributed by atoms with Crippen LogP contribution in [0.3, 0.4) is 0 Å². The summed E-state index contributed by atoms with van der Waals surface area (Å²) in [5.41, 5.74) is 2.65. The number of halogens is 1. The molecule has 0 aliphatic carbocycles. The van der Waals surface area contributed by atoms with Gasteiger partial charge in [0.25, 0.3) is 0 Å². The zero-order valence-corrected chi connectivity index (χ0v) is 9.84. The van der Waals surface area contributed by atoms with Gasteiger partial charge in [0.2, 0.25) is 0 Å². The minimum atomic E-state index is 0.355. The molecule has 14 heavy (non-hydrogen) atoms. The van der Waals surface area contributed by atoms with Crippen LogP contribution >= 0.6 is 15.9 Å². The summed E-state index contributed by atoms with van der Waals surface area (Å²) in [6, 6.07) is 3.93. The number of hydrogen-bond acceptors (Lipinski definition) is 2. The molecule has 3 heteroatoms. The van der Waals surface area contributed by atoms with Crippen LogP contribution < -0.4 is 0 Å². The van der Waals surface area contributed by atoms with Crippen molar-refractivity contribution < 1.29 is 5.11 Å². The lowest BCUT2D eigenvalue weighted by atomic mass is 10.0. The summed E-state index contributed by atoms with van der Waals surface area (Å²) in [5, 5.41) is 9.57. The third-order valence-corrected chi connectivity index (χ3v) is 3.43. The predicted molar refractivity (Wildman–Crippen MR) is 60.7 cm³/mol. The molecule has 0 radical (unpaired) electrons. The first-order chi connectivity index (χ1) is 6.66. The molecule has 2 rings (SSSR count). The zero-order chi connectivity index (χ0) is 10.1. The molecule has 0 atom stereocenters. The van der Waals surface area contributed by atoms with Crippen LogP contribution in [0, 0.1) is 0 Å². The molecule has 1 heterocycles. The summed E-state index contributed by atoms with van der Waals surface area (Å²) in [6.07, 6.45) is 2.11. The highest BCUT2D eigenvalue weighted by molar-refractivity contribution is 9.10. The number of aromatic hydroxyl groups is 1. The van der Waals surface area contributed by atoms with Crippen LogP contribution in [0.2, 0.25) is 0 Å². The van der Waals surface area contributed by atoms with Crippen molar-refractivity contribution in [3.8, 4) is 5.75 Å². The van der Waals surface area contributed by atoms with Gasteiger partial charge < -0.3 is 10.0 Å². The second kappa shape index (κ2) is 3.91. The van der Waals surface area contributed by atoms with Crippen molar-refractivity contribution in [3.63, 3.8) is 0 Å². The minimum absolute atomic E-state index is 0.355. The van der Waals surface area contributed by atoms with Crippen molar-refractivity contribution in [2.24, 2.45) is 0 Å². The average molecular weight is 256 g/mol. The van der Waals surface area contributed by atoms with E-state index in [1.807, 2.05) is 12.1 Å². The first-order valence-electron chi connectivity index (χ1n) is 4.85. The number of phenolic OH excluding ortho intramolecular Hbond substituents is 1. The summed E-state index contributed by atoms with van der Waals surface area (Å²) in [6.45, 7) is 2.18.